The predicted molar refractivity (Wildman–Crippen MR) is 46.1 cm³/mol. The molecule has 0 spiro atoms. The van der Waals surface area contributed by atoms with E-state index in [-0.39, 0.29) is 10.6 Å². The first-order chi connectivity index (χ1) is 5.71. The Morgan fingerprint density at radius 2 is 1.77 bits per heavy atom. The fourth-order valence-electron chi connectivity index (χ4n) is 0.663. The summed E-state index contributed by atoms with van der Waals surface area (Å²) in [6.45, 7) is 5.60. The maximum atomic E-state index is 11.0. The number of sulfone groups is 1. The van der Waals surface area contributed by atoms with Crippen LogP contribution in [0.5, 0.6) is 0 Å². The van der Waals surface area contributed by atoms with Crippen molar-refractivity contribution < 1.29 is 12.8 Å². The number of hydrogen-bond donors (Lipinski definition) is 0. The topological polar surface area (TPSA) is 73.1 Å². The molecule has 0 saturated carbocycles. The van der Waals surface area contributed by atoms with Crippen LogP contribution in [0.3, 0.4) is 0 Å². The second kappa shape index (κ2) is 2.80. The molecule has 0 unspecified atom stereocenters. The van der Waals surface area contributed by atoms with Gasteiger partial charge in [-0.05, 0) is 0 Å². The molecule has 1 aromatic heterocycles. The van der Waals surface area contributed by atoms with Gasteiger partial charge < -0.3 is 4.42 Å². The molecule has 5 nitrogen and oxygen atoms in total. The predicted octanol–water partition coefficient (Wildman–Crippen LogP) is 0.771. The molecular formula is C7H12N2O3S. The van der Waals surface area contributed by atoms with Crippen molar-refractivity contribution in [3.63, 3.8) is 0 Å². The van der Waals surface area contributed by atoms with Crippen molar-refractivity contribution in [2.75, 3.05) is 6.26 Å². The summed E-state index contributed by atoms with van der Waals surface area (Å²) in [5, 5.41) is 6.79. The van der Waals surface area contributed by atoms with Crippen LogP contribution in [0.1, 0.15) is 26.7 Å². The summed E-state index contributed by atoms with van der Waals surface area (Å²) < 4.78 is 27.0. The molecule has 0 aromatic carbocycles. The Balaban J connectivity index is 3.16. The van der Waals surface area contributed by atoms with Crippen molar-refractivity contribution in [3.05, 3.63) is 5.89 Å². The Hall–Kier alpha value is -0.910. The highest BCUT2D eigenvalue weighted by molar-refractivity contribution is 7.90. The zero-order chi connectivity index (χ0) is 10.3. The van der Waals surface area contributed by atoms with E-state index < -0.39 is 9.84 Å². The van der Waals surface area contributed by atoms with Gasteiger partial charge in [0.25, 0.3) is 0 Å². The molecule has 1 heterocycles. The highest BCUT2D eigenvalue weighted by Gasteiger charge is 2.24. The molecule has 0 aliphatic rings. The second-order valence-electron chi connectivity index (χ2n) is 3.90. The lowest BCUT2D eigenvalue weighted by Gasteiger charge is -2.10. The molecule has 0 N–H and O–H groups in total. The highest BCUT2D eigenvalue weighted by atomic mass is 32.2. The van der Waals surface area contributed by atoms with Crippen molar-refractivity contribution in [1.29, 1.82) is 0 Å². The van der Waals surface area contributed by atoms with Crippen LogP contribution < -0.4 is 0 Å². The minimum atomic E-state index is -3.38. The molecule has 0 aliphatic carbocycles. The minimum absolute atomic E-state index is 0.322. The Morgan fingerprint density at radius 3 is 2.00 bits per heavy atom. The highest BCUT2D eigenvalue weighted by Crippen LogP contribution is 2.21. The Bertz CT molecular complexity index is 400. The standard InChI is InChI=1S/C7H12N2O3S/c1-7(2,3)5-8-9-6(12-5)13(4,10)11/h1-4H3. The van der Waals surface area contributed by atoms with Crippen molar-refractivity contribution in [1.82, 2.24) is 10.2 Å². The van der Waals surface area contributed by atoms with Gasteiger partial charge in [-0.15, -0.1) is 5.10 Å². The number of aromatic nitrogens is 2. The van der Waals surface area contributed by atoms with Gasteiger partial charge in [-0.3, -0.25) is 0 Å². The van der Waals surface area contributed by atoms with Crippen molar-refractivity contribution in [3.8, 4) is 0 Å². The fraction of sp³-hybridized carbons (Fsp3) is 0.714. The van der Waals surface area contributed by atoms with Gasteiger partial charge in [0.15, 0.2) is 0 Å². The molecule has 0 radical (unpaired) electrons. The molecule has 0 fully saturated rings. The van der Waals surface area contributed by atoms with Crippen molar-refractivity contribution in [2.45, 2.75) is 31.4 Å². The summed E-state index contributed by atoms with van der Waals surface area (Å²) in [7, 11) is -3.38. The van der Waals surface area contributed by atoms with E-state index in [9.17, 15) is 8.42 Å². The third-order valence-corrected chi connectivity index (χ3v) is 2.16. The molecule has 0 atom stereocenters. The lowest BCUT2D eigenvalue weighted by Crippen LogP contribution is -2.11. The minimum Gasteiger partial charge on any atom is -0.412 e. The van der Waals surface area contributed by atoms with Gasteiger partial charge in [-0.1, -0.05) is 25.9 Å². The van der Waals surface area contributed by atoms with Gasteiger partial charge in [0, 0.05) is 11.7 Å². The van der Waals surface area contributed by atoms with Crippen LogP contribution in [0.25, 0.3) is 0 Å². The number of rotatable bonds is 1. The van der Waals surface area contributed by atoms with E-state index in [2.05, 4.69) is 10.2 Å². The van der Waals surface area contributed by atoms with Gasteiger partial charge in [-0.2, -0.15) is 0 Å². The first-order valence-electron chi connectivity index (χ1n) is 3.75. The third-order valence-electron chi connectivity index (χ3n) is 1.37. The lowest BCUT2D eigenvalue weighted by molar-refractivity contribution is 0.339. The number of hydrogen-bond acceptors (Lipinski definition) is 5. The molecule has 13 heavy (non-hydrogen) atoms. The average molecular weight is 204 g/mol. The van der Waals surface area contributed by atoms with Crippen LogP contribution >= 0.6 is 0 Å². The van der Waals surface area contributed by atoms with E-state index in [1.165, 1.54) is 0 Å². The third kappa shape index (κ3) is 2.27. The van der Waals surface area contributed by atoms with Crippen LogP contribution in [-0.4, -0.2) is 24.9 Å². The summed E-state index contributed by atoms with van der Waals surface area (Å²) in [5.41, 5.74) is -0.323. The SMILES string of the molecule is CC(C)(C)c1nnc(S(C)(=O)=O)o1. The maximum Gasteiger partial charge on any atom is 0.335 e. The lowest BCUT2D eigenvalue weighted by atomic mass is 9.97. The summed E-state index contributed by atoms with van der Waals surface area (Å²) >= 11 is 0. The van der Waals surface area contributed by atoms with E-state index in [1.807, 2.05) is 20.8 Å². The largest absolute Gasteiger partial charge is 0.412 e. The molecule has 6 heteroatoms. The van der Waals surface area contributed by atoms with Gasteiger partial charge in [0.05, 0.1) is 0 Å². The smallest absolute Gasteiger partial charge is 0.335 e. The fourth-order valence-corrected chi connectivity index (χ4v) is 1.08. The molecule has 0 aliphatic heterocycles. The summed E-state index contributed by atoms with van der Waals surface area (Å²) in [6, 6.07) is 0. The van der Waals surface area contributed by atoms with Crippen LogP contribution in [0.2, 0.25) is 0 Å². The van der Waals surface area contributed by atoms with Crippen molar-refractivity contribution >= 4 is 9.84 Å². The summed E-state index contributed by atoms with van der Waals surface area (Å²) in [4.78, 5) is 0. The summed E-state index contributed by atoms with van der Waals surface area (Å²) in [6.07, 6.45) is 1.03. The van der Waals surface area contributed by atoms with Crippen LogP contribution in [0.4, 0.5) is 0 Å². The van der Waals surface area contributed by atoms with E-state index >= 15 is 0 Å². The molecule has 74 valence electrons. The molecule has 0 bridgehead atoms. The first kappa shape index (κ1) is 10.2. The average Bonchev–Trinajstić information content (AvgIpc) is 2.28. The molecule has 0 saturated heterocycles. The summed E-state index contributed by atoms with van der Waals surface area (Å²) in [5.74, 6) is 0.327. The van der Waals surface area contributed by atoms with E-state index in [0.29, 0.717) is 5.89 Å². The molecule has 0 amide bonds. The zero-order valence-electron chi connectivity index (χ0n) is 8.03. The quantitative estimate of drug-likeness (QED) is 0.675. The van der Waals surface area contributed by atoms with Gasteiger partial charge in [0.2, 0.25) is 15.7 Å². The molecule has 1 rings (SSSR count). The van der Waals surface area contributed by atoms with Gasteiger partial charge >= 0.3 is 5.22 Å². The first-order valence-corrected chi connectivity index (χ1v) is 5.64. The number of nitrogens with zero attached hydrogens (tertiary/aromatic N) is 2. The Labute approximate surface area is 77.1 Å². The van der Waals surface area contributed by atoms with E-state index in [0.717, 1.165) is 6.26 Å². The van der Waals surface area contributed by atoms with Gasteiger partial charge in [-0.25, -0.2) is 8.42 Å². The monoisotopic (exact) mass is 204 g/mol. The second-order valence-corrected chi connectivity index (χ2v) is 5.79. The molecule has 1 aromatic rings. The normalized spacial score (nSPS) is 13.2. The zero-order valence-corrected chi connectivity index (χ0v) is 8.84. The van der Waals surface area contributed by atoms with Crippen LogP contribution in [0.15, 0.2) is 9.64 Å². The maximum absolute atomic E-state index is 11.0. The van der Waals surface area contributed by atoms with Crippen LogP contribution in [-0.2, 0) is 15.3 Å². The van der Waals surface area contributed by atoms with Crippen LogP contribution in [0, 0.1) is 0 Å². The van der Waals surface area contributed by atoms with Crippen molar-refractivity contribution in [2.24, 2.45) is 0 Å². The molecular weight excluding hydrogens is 192 g/mol. The van der Waals surface area contributed by atoms with Gasteiger partial charge in [0.1, 0.15) is 0 Å². The Morgan fingerprint density at radius 1 is 1.23 bits per heavy atom. The van der Waals surface area contributed by atoms with E-state index in [4.69, 9.17) is 4.42 Å². The van der Waals surface area contributed by atoms with E-state index in [1.54, 1.807) is 0 Å². The Kier molecular flexibility index (Phi) is 2.19.